The van der Waals surface area contributed by atoms with Crippen LogP contribution in [0.3, 0.4) is 0 Å². The minimum absolute atomic E-state index is 0.0160. The molecular formula is C28H37N3O7S. The van der Waals surface area contributed by atoms with Gasteiger partial charge < -0.3 is 20.5 Å². The van der Waals surface area contributed by atoms with E-state index in [9.17, 15) is 27.9 Å². The third-order valence-electron chi connectivity index (χ3n) is 6.31. The molecule has 1 fully saturated rings. The average molecular weight is 560 g/mol. The summed E-state index contributed by atoms with van der Waals surface area (Å²) >= 11 is 0. The first-order chi connectivity index (χ1) is 18.4. The monoisotopic (exact) mass is 559 g/mol. The summed E-state index contributed by atoms with van der Waals surface area (Å²) in [4.78, 5) is 35.6. The molecule has 10 nitrogen and oxygen atoms in total. The Morgan fingerprint density at radius 1 is 1.08 bits per heavy atom. The van der Waals surface area contributed by atoms with Crippen LogP contribution >= 0.6 is 0 Å². The average Bonchev–Trinajstić information content (AvgIpc) is 3.27. The van der Waals surface area contributed by atoms with Crippen molar-refractivity contribution in [3.05, 3.63) is 60.2 Å². The van der Waals surface area contributed by atoms with Crippen molar-refractivity contribution in [2.75, 3.05) is 18.4 Å². The summed E-state index contributed by atoms with van der Waals surface area (Å²) in [6.07, 6.45) is -1.31. The van der Waals surface area contributed by atoms with E-state index in [0.717, 1.165) is 5.56 Å². The number of ketones is 1. The van der Waals surface area contributed by atoms with Gasteiger partial charge in [-0.05, 0) is 48.6 Å². The van der Waals surface area contributed by atoms with Crippen molar-refractivity contribution in [3.8, 4) is 0 Å². The van der Waals surface area contributed by atoms with Crippen molar-refractivity contribution in [1.29, 1.82) is 0 Å². The third-order valence-corrected chi connectivity index (χ3v) is 8.16. The Balaban J connectivity index is 1.80. The van der Waals surface area contributed by atoms with Crippen molar-refractivity contribution < 1.29 is 32.6 Å². The van der Waals surface area contributed by atoms with Crippen LogP contribution in [0.25, 0.3) is 0 Å². The molecule has 0 radical (unpaired) electrons. The number of carbonyl (C=O) groups is 3. The fourth-order valence-corrected chi connectivity index (χ4v) is 6.07. The molecule has 0 saturated heterocycles. The molecule has 2 aromatic rings. The number of benzene rings is 2. The largest absolute Gasteiger partial charge is 0.446 e. The highest BCUT2D eigenvalue weighted by Gasteiger charge is 2.32. The van der Waals surface area contributed by atoms with Crippen molar-refractivity contribution >= 4 is 33.5 Å². The molecule has 3 N–H and O–H groups in total. The maximum Gasteiger partial charge on any atom is 0.407 e. The zero-order chi connectivity index (χ0) is 28.6. The second kappa shape index (κ2) is 13.7. The van der Waals surface area contributed by atoms with Gasteiger partial charge in [-0.1, -0.05) is 44.2 Å². The molecule has 212 valence electrons. The van der Waals surface area contributed by atoms with Gasteiger partial charge in [0.2, 0.25) is 15.9 Å². The predicted octanol–water partition coefficient (Wildman–Crippen LogP) is 3.11. The Labute approximate surface area is 229 Å². The lowest BCUT2D eigenvalue weighted by Crippen LogP contribution is -2.51. The van der Waals surface area contributed by atoms with Crippen LogP contribution in [0.5, 0.6) is 0 Å². The first-order valence-corrected chi connectivity index (χ1v) is 14.5. The van der Waals surface area contributed by atoms with Gasteiger partial charge in [0, 0.05) is 38.5 Å². The van der Waals surface area contributed by atoms with Gasteiger partial charge >= 0.3 is 6.09 Å². The highest BCUT2D eigenvalue weighted by molar-refractivity contribution is 7.89. The topological polar surface area (TPSA) is 142 Å². The van der Waals surface area contributed by atoms with E-state index in [-0.39, 0.29) is 48.4 Å². The van der Waals surface area contributed by atoms with Gasteiger partial charge in [0.1, 0.15) is 11.9 Å². The van der Waals surface area contributed by atoms with E-state index in [2.05, 4.69) is 10.6 Å². The van der Waals surface area contributed by atoms with Crippen LogP contribution in [0.4, 0.5) is 10.5 Å². The summed E-state index contributed by atoms with van der Waals surface area (Å²) < 4.78 is 33.8. The number of rotatable bonds is 12. The molecule has 0 aliphatic heterocycles. The van der Waals surface area contributed by atoms with Gasteiger partial charge in [-0.2, -0.15) is 4.31 Å². The van der Waals surface area contributed by atoms with Gasteiger partial charge in [-0.3, -0.25) is 9.59 Å². The molecule has 1 saturated carbocycles. The first-order valence-electron chi connectivity index (χ1n) is 13.0. The second-order valence-corrected chi connectivity index (χ2v) is 12.2. The van der Waals surface area contributed by atoms with Crippen molar-refractivity contribution in [2.45, 2.75) is 69.6 Å². The Morgan fingerprint density at radius 2 is 1.74 bits per heavy atom. The van der Waals surface area contributed by atoms with E-state index in [0.29, 0.717) is 18.5 Å². The van der Waals surface area contributed by atoms with Gasteiger partial charge in [0.05, 0.1) is 17.0 Å². The second-order valence-electron chi connectivity index (χ2n) is 10.2. The standard InChI is InChI=1S/C28H37N3O7S/c1-19(2)17-31(39(36,37)25-13-9-22(10-14-25)29-20(3)32)18-27(34)26(15-21-7-5-4-6-8-21)30-28(35)38-24-12-11-23(33)16-24/h4-10,13-14,19,24,26-27,34H,11-12,15-18H2,1-3H3,(H,29,32)(H,30,35)/t24-,26-,27+/m0/s1. The number of nitrogens with zero attached hydrogens (tertiary/aromatic N) is 1. The predicted molar refractivity (Wildman–Crippen MR) is 147 cm³/mol. The van der Waals surface area contributed by atoms with Crippen LogP contribution in [0.1, 0.15) is 45.6 Å². The molecule has 1 aliphatic rings. The van der Waals surface area contributed by atoms with Crippen molar-refractivity contribution in [1.82, 2.24) is 9.62 Å². The molecule has 2 aromatic carbocycles. The zero-order valence-corrected chi connectivity index (χ0v) is 23.3. The van der Waals surface area contributed by atoms with Crippen LogP contribution < -0.4 is 10.6 Å². The lowest BCUT2D eigenvalue weighted by atomic mass is 10.0. The summed E-state index contributed by atoms with van der Waals surface area (Å²) in [6.45, 7) is 4.97. The first kappa shape index (κ1) is 30.3. The van der Waals surface area contributed by atoms with E-state index in [1.54, 1.807) is 0 Å². The summed E-state index contributed by atoms with van der Waals surface area (Å²) in [5.41, 5.74) is 1.30. The minimum Gasteiger partial charge on any atom is -0.446 e. The molecule has 0 aromatic heterocycles. The number of anilines is 1. The van der Waals surface area contributed by atoms with Crippen molar-refractivity contribution in [2.24, 2.45) is 5.92 Å². The van der Waals surface area contributed by atoms with E-state index >= 15 is 0 Å². The highest BCUT2D eigenvalue weighted by Crippen LogP contribution is 2.22. The zero-order valence-electron chi connectivity index (χ0n) is 22.5. The molecule has 39 heavy (non-hydrogen) atoms. The SMILES string of the molecule is CC(=O)Nc1ccc(S(=O)(=O)N(CC(C)C)C[C@@H](O)[C@H](Cc2ccccc2)NC(=O)O[C@H]2CCC(=O)C2)cc1. The Hall–Kier alpha value is -3.28. The molecule has 11 heteroatoms. The fraction of sp³-hybridized carbons (Fsp3) is 0.464. The van der Waals surface area contributed by atoms with Crippen molar-refractivity contribution in [3.63, 3.8) is 0 Å². The van der Waals surface area contributed by atoms with Gasteiger partial charge in [0.25, 0.3) is 0 Å². The Kier molecular flexibility index (Phi) is 10.6. The number of alkyl carbamates (subject to hydrolysis) is 1. The van der Waals surface area contributed by atoms with E-state index in [1.807, 2.05) is 44.2 Å². The number of nitrogens with one attached hydrogen (secondary N) is 2. The smallest absolute Gasteiger partial charge is 0.407 e. The number of hydrogen-bond donors (Lipinski definition) is 3. The van der Waals surface area contributed by atoms with E-state index in [4.69, 9.17) is 4.74 Å². The normalized spacial score (nSPS) is 17.2. The molecule has 2 amide bonds. The maximum atomic E-state index is 13.6. The van der Waals surface area contributed by atoms with Gasteiger partial charge in [-0.25, -0.2) is 13.2 Å². The molecule has 3 rings (SSSR count). The molecule has 0 heterocycles. The number of ether oxygens (including phenoxy) is 1. The Bertz CT molecular complexity index is 1230. The Morgan fingerprint density at radius 3 is 2.31 bits per heavy atom. The number of amides is 2. The molecular weight excluding hydrogens is 522 g/mol. The van der Waals surface area contributed by atoms with Crippen LogP contribution in [-0.4, -0.2) is 67.0 Å². The molecule has 0 spiro atoms. The molecule has 1 aliphatic carbocycles. The summed E-state index contributed by atoms with van der Waals surface area (Å²) in [5, 5.41) is 16.6. The number of hydrogen-bond acceptors (Lipinski definition) is 7. The van der Waals surface area contributed by atoms with Crippen LogP contribution in [-0.2, 0) is 30.8 Å². The molecule has 0 bridgehead atoms. The van der Waals surface area contributed by atoms with Gasteiger partial charge in [0.15, 0.2) is 0 Å². The fourth-order valence-electron chi connectivity index (χ4n) is 4.45. The number of Topliss-reactive ketones (excluding diaryl/α,β-unsaturated/α-hetero) is 1. The quantitative estimate of drug-likeness (QED) is 0.363. The molecule has 0 unspecified atom stereocenters. The van der Waals surface area contributed by atoms with Crippen LogP contribution in [0.2, 0.25) is 0 Å². The summed E-state index contributed by atoms with van der Waals surface area (Å²) in [6, 6.07) is 14.2. The molecule has 3 atom stereocenters. The van der Waals surface area contributed by atoms with E-state index in [1.165, 1.54) is 35.5 Å². The minimum atomic E-state index is -4.02. The third kappa shape index (κ3) is 9.15. The number of sulfonamides is 1. The number of aliphatic hydroxyl groups excluding tert-OH is 1. The lowest BCUT2D eigenvalue weighted by molar-refractivity contribution is -0.118. The lowest BCUT2D eigenvalue weighted by Gasteiger charge is -2.30. The summed E-state index contributed by atoms with van der Waals surface area (Å²) in [5.74, 6) is -0.283. The van der Waals surface area contributed by atoms with Crippen LogP contribution in [0.15, 0.2) is 59.5 Å². The number of aliphatic hydroxyl groups is 1. The van der Waals surface area contributed by atoms with Gasteiger partial charge in [-0.15, -0.1) is 0 Å². The summed E-state index contributed by atoms with van der Waals surface area (Å²) in [7, 11) is -4.02. The van der Waals surface area contributed by atoms with Crippen LogP contribution in [0, 0.1) is 5.92 Å². The van der Waals surface area contributed by atoms with E-state index < -0.39 is 34.4 Å². The highest BCUT2D eigenvalue weighted by atomic mass is 32.2. The maximum absolute atomic E-state index is 13.6. The number of carbonyl (C=O) groups excluding carboxylic acids is 3.